The first-order valence-electron chi connectivity index (χ1n) is 8.13. The van der Waals surface area contributed by atoms with Crippen molar-refractivity contribution in [2.45, 2.75) is 69.9 Å². The van der Waals surface area contributed by atoms with Crippen LogP contribution in [0.3, 0.4) is 0 Å². The van der Waals surface area contributed by atoms with Gasteiger partial charge in [0.2, 0.25) is 0 Å². The van der Waals surface area contributed by atoms with Crippen molar-refractivity contribution in [3.8, 4) is 0 Å². The summed E-state index contributed by atoms with van der Waals surface area (Å²) < 4.78 is 5.48. The van der Waals surface area contributed by atoms with Crippen LogP contribution < -0.4 is 0 Å². The van der Waals surface area contributed by atoms with E-state index in [0.29, 0.717) is 6.10 Å². The first kappa shape index (κ1) is 12.9. The summed E-state index contributed by atoms with van der Waals surface area (Å²) in [5.74, 6) is 2.03. The lowest BCUT2D eigenvalue weighted by molar-refractivity contribution is -0.0218. The third-order valence-electron chi connectivity index (χ3n) is 5.75. The molecule has 2 aliphatic carbocycles. The van der Waals surface area contributed by atoms with Crippen LogP contribution in [0, 0.1) is 11.8 Å². The van der Waals surface area contributed by atoms with Crippen LogP contribution in [0.15, 0.2) is 0 Å². The Morgan fingerprint density at radius 3 is 2.06 bits per heavy atom. The molecule has 2 saturated carbocycles. The number of likely N-dealkylation sites (tertiary alicyclic amines) is 1. The molecule has 2 heteroatoms. The summed E-state index contributed by atoms with van der Waals surface area (Å²) in [6, 6.07) is 0.949. The summed E-state index contributed by atoms with van der Waals surface area (Å²) in [6.45, 7) is 2.82. The fourth-order valence-electron chi connectivity index (χ4n) is 4.39. The Bertz CT molecular complexity index is 248. The molecule has 0 bridgehead atoms. The Balaban J connectivity index is 1.39. The van der Waals surface area contributed by atoms with Gasteiger partial charge in [-0.05, 0) is 50.4 Å². The topological polar surface area (TPSA) is 12.5 Å². The number of nitrogens with zero attached hydrogens (tertiary/aromatic N) is 1. The number of ether oxygens (including phenoxy) is 1. The molecule has 1 saturated heterocycles. The summed E-state index contributed by atoms with van der Waals surface area (Å²) in [5, 5.41) is 0. The molecule has 1 heterocycles. The highest BCUT2D eigenvalue weighted by Gasteiger charge is 2.38. The largest absolute Gasteiger partial charge is 0.381 e. The normalized spacial score (nSPS) is 36.5. The first-order chi connectivity index (χ1) is 8.86. The van der Waals surface area contributed by atoms with E-state index in [1.165, 1.54) is 70.9 Å². The average Bonchev–Trinajstić information content (AvgIpc) is 2.39. The molecule has 0 amide bonds. The van der Waals surface area contributed by atoms with Crippen molar-refractivity contribution in [2.24, 2.45) is 11.8 Å². The molecule has 0 aromatic rings. The van der Waals surface area contributed by atoms with Gasteiger partial charge in [-0.25, -0.2) is 0 Å². The van der Waals surface area contributed by atoms with E-state index in [1.807, 2.05) is 7.11 Å². The molecule has 3 fully saturated rings. The minimum absolute atomic E-state index is 0.566. The zero-order valence-corrected chi connectivity index (χ0v) is 11.9. The lowest BCUT2D eigenvalue weighted by Gasteiger charge is -2.49. The molecule has 2 nitrogen and oxygen atoms in total. The van der Waals surface area contributed by atoms with Gasteiger partial charge in [-0.1, -0.05) is 19.3 Å². The summed E-state index contributed by atoms with van der Waals surface area (Å²) >= 11 is 0. The number of hydrogen-bond acceptors (Lipinski definition) is 2. The van der Waals surface area contributed by atoms with Gasteiger partial charge in [0.05, 0.1) is 6.10 Å². The van der Waals surface area contributed by atoms with E-state index in [0.717, 1.165) is 17.9 Å². The lowest BCUT2D eigenvalue weighted by Crippen LogP contribution is -2.55. The highest BCUT2D eigenvalue weighted by Crippen LogP contribution is 2.38. The summed E-state index contributed by atoms with van der Waals surface area (Å²) in [6.07, 6.45) is 13.4. The Kier molecular flexibility index (Phi) is 4.25. The van der Waals surface area contributed by atoms with Crippen LogP contribution in [-0.2, 0) is 4.74 Å². The van der Waals surface area contributed by atoms with Crippen LogP contribution in [0.2, 0.25) is 0 Å². The zero-order chi connectivity index (χ0) is 12.4. The molecule has 0 N–H and O–H groups in total. The van der Waals surface area contributed by atoms with Gasteiger partial charge in [0.15, 0.2) is 0 Å². The predicted octanol–water partition coefficient (Wildman–Crippen LogP) is 3.46. The predicted molar refractivity (Wildman–Crippen MR) is 74.7 cm³/mol. The molecule has 0 aromatic carbocycles. The van der Waals surface area contributed by atoms with Crippen LogP contribution in [0.25, 0.3) is 0 Å². The Labute approximate surface area is 112 Å². The minimum Gasteiger partial charge on any atom is -0.381 e. The van der Waals surface area contributed by atoms with E-state index in [1.54, 1.807) is 0 Å². The Hall–Kier alpha value is -0.0800. The van der Waals surface area contributed by atoms with Crippen LogP contribution in [0.4, 0.5) is 0 Å². The van der Waals surface area contributed by atoms with Crippen molar-refractivity contribution in [3.63, 3.8) is 0 Å². The molecular formula is C16H29NO. The van der Waals surface area contributed by atoms with Gasteiger partial charge in [-0.3, -0.25) is 4.90 Å². The third kappa shape index (κ3) is 2.75. The molecule has 0 radical (unpaired) electrons. The zero-order valence-electron chi connectivity index (χ0n) is 11.9. The van der Waals surface area contributed by atoms with E-state index in [4.69, 9.17) is 4.74 Å². The van der Waals surface area contributed by atoms with Crippen molar-refractivity contribution < 1.29 is 4.74 Å². The minimum atomic E-state index is 0.566. The van der Waals surface area contributed by atoms with Crippen molar-refractivity contribution >= 4 is 0 Å². The second kappa shape index (κ2) is 5.92. The van der Waals surface area contributed by atoms with Gasteiger partial charge in [0.25, 0.3) is 0 Å². The third-order valence-corrected chi connectivity index (χ3v) is 5.75. The number of hydrogen-bond donors (Lipinski definition) is 0. The SMILES string of the molecule is COC1CCC(C2CN(C3CCCCC3)C2)CC1. The van der Waals surface area contributed by atoms with Crippen molar-refractivity contribution in [3.05, 3.63) is 0 Å². The average molecular weight is 251 g/mol. The molecule has 1 aliphatic heterocycles. The molecular weight excluding hydrogens is 222 g/mol. The van der Waals surface area contributed by atoms with E-state index in [-0.39, 0.29) is 0 Å². The maximum atomic E-state index is 5.48. The van der Waals surface area contributed by atoms with E-state index in [2.05, 4.69) is 4.90 Å². The fraction of sp³-hybridized carbons (Fsp3) is 1.00. The van der Waals surface area contributed by atoms with Gasteiger partial charge in [0.1, 0.15) is 0 Å². The second-order valence-corrected chi connectivity index (χ2v) is 6.78. The maximum Gasteiger partial charge on any atom is 0.0571 e. The van der Waals surface area contributed by atoms with Gasteiger partial charge in [0, 0.05) is 26.2 Å². The molecule has 0 atom stereocenters. The standard InChI is InChI=1S/C16H29NO/c1-18-16-9-7-13(8-10-16)14-11-17(12-14)15-5-3-2-4-6-15/h13-16H,2-12H2,1H3. The summed E-state index contributed by atoms with van der Waals surface area (Å²) in [5.41, 5.74) is 0. The van der Waals surface area contributed by atoms with Gasteiger partial charge in [-0.2, -0.15) is 0 Å². The molecule has 3 rings (SSSR count). The van der Waals surface area contributed by atoms with Crippen molar-refractivity contribution in [1.82, 2.24) is 4.90 Å². The van der Waals surface area contributed by atoms with E-state index >= 15 is 0 Å². The lowest BCUT2D eigenvalue weighted by atomic mass is 9.74. The number of rotatable bonds is 3. The van der Waals surface area contributed by atoms with Gasteiger partial charge >= 0.3 is 0 Å². The molecule has 0 aromatic heterocycles. The Morgan fingerprint density at radius 1 is 0.778 bits per heavy atom. The molecule has 3 aliphatic rings. The van der Waals surface area contributed by atoms with Crippen LogP contribution in [0.1, 0.15) is 57.8 Å². The van der Waals surface area contributed by atoms with Gasteiger partial charge in [-0.15, -0.1) is 0 Å². The summed E-state index contributed by atoms with van der Waals surface area (Å²) in [4.78, 5) is 2.78. The van der Waals surface area contributed by atoms with Crippen molar-refractivity contribution in [2.75, 3.05) is 20.2 Å². The smallest absolute Gasteiger partial charge is 0.0571 e. The first-order valence-corrected chi connectivity index (χ1v) is 8.13. The van der Waals surface area contributed by atoms with Crippen LogP contribution >= 0.6 is 0 Å². The quantitative estimate of drug-likeness (QED) is 0.761. The highest BCUT2D eigenvalue weighted by molar-refractivity contribution is 4.91. The maximum absolute atomic E-state index is 5.48. The summed E-state index contributed by atoms with van der Waals surface area (Å²) in [7, 11) is 1.87. The highest BCUT2D eigenvalue weighted by atomic mass is 16.5. The van der Waals surface area contributed by atoms with Gasteiger partial charge < -0.3 is 4.74 Å². The van der Waals surface area contributed by atoms with Crippen molar-refractivity contribution in [1.29, 1.82) is 0 Å². The fourth-order valence-corrected chi connectivity index (χ4v) is 4.39. The monoisotopic (exact) mass is 251 g/mol. The Morgan fingerprint density at radius 2 is 1.44 bits per heavy atom. The van der Waals surface area contributed by atoms with E-state index in [9.17, 15) is 0 Å². The molecule has 0 unspecified atom stereocenters. The molecule has 104 valence electrons. The number of methoxy groups -OCH3 is 1. The molecule has 0 spiro atoms. The molecule has 18 heavy (non-hydrogen) atoms. The van der Waals surface area contributed by atoms with Crippen LogP contribution in [-0.4, -0.2) is 37.2 Å². The van der Waals surface area contributed by atoms with Crippen LogP contribution in [0.5, 0.6) is 0 Å². The van der Waals surface area contributed by atoms with E-state index < -0.39 is 0 Å². The second-order valence-electron chi connectivity index (χ2n) is 6.78.